The number of fused-ring (bicyclic) bond motifs is 2. The van der Waals surface area contributed by atoms with Gasteiger partial charge in [-0.2, -0.15) is 0 Å². The summed E-state index contributed by atoms with van der Waals surface area (Å²) in [6.45, 7) is 7.15. The third-order valence-corrected chi connectivity index (χ3v) is 9.00. The molecule has 0 fully saturated rings. The fourth-order valence-corrected chi connectivity index (χ4v) is 6.22. The van der Waals surface area contributed by atoms with E-state index in [1.807, 2.05) is 12.1 Å². The molecule has 11 heteroatoms. The van der Waals surface area contributed by atoms with Gasteiger partial charge in [0.25, 0.3) is 0 Å². The van der Waals surface area contributed by atoms with Crippen molar-refractivity contribution in [2.75, 3.05) is 27.4 Å². The van der Waals surface area contributed by atoms with Crippen LogP contribution in [-0.2, 0) is 4.79 Å². The Hall–Kier alpha value is -4.09. The molecule has 9 nitrogen and oxygen atoms in total. The lowest BCUT2D eigenvalue weighted by atomic mass is 10.0. The Labute approximate surface area is 250 Å². The topological polar surface area (TPSA) is 129 Å². The van der Waals surface area contributed by atoms with Crippen molar-refractivity contribution in [2.24, 2.45) is 11.8 Å². The number of aliphatic hydroxyl groups is 1. The molecule has 0 saturated heterocycles. The molecule has 0 radical (unpaired) electrons. The molecule has 0 unspecified atom stereocenters. The number of thiophene rings is 2. The molecule has 0 bridgehead atoms. The Morgan fingerprint density at radius 2 is 1.14 bits per heavy atom. The molecule has 0 saturated carbocycles. The molecule has 222 valence electrons. The Bertz CT molecular complexity index is 1530. The highest BCUT2D eigenvalue weighted by Gasteiger charge is 2.20. The number of allylic oxidation sites excluding steroid dienone is 1. The third kappa shape index (κ3) is 7.03. The van der Waals surface area contributed by atoms with Crippen LogP contribution >= 0.6 is 22.7 Å². The number of carboxylic acid groups (broad SMARTS) is 1. The molecule has 0 aliphatic rings. The summed E-state index contributed by atoms with van der Waals surface area (Å²) in [5.74, 6) is -0.408. The number of hydrogen-bond donors (Lipinski definition) is 2. The van der Waals surface area contributed by atoms with Gasteiger partial charge in [-0.1, -0.05) is 20.4 Å². The van der Waals surface area contributed by atoms with Crippen molar-refractivity contribution in [2.45, 2.75) is 26.7 Å². The zero-order chi connectivity index (χ0) is 30.6. The summed E-state index contributed by atoms with van der Waals surface area (Å²) in [5, 5.41) is 20.3. The predicted octanol–water partition coefficient (Wildman–Crippen LogP) is 7.17. The maximum atomic E-state index is 12.7. The van der Waals surface area contributed by atoms with Crippen LogP contribution < -0.4 is 18.9 Å². The van der Waals surface area contributed by atoms with Gasteiger partial charge in [0.05, 0.1) is 35.7 Å². The minimum atomic E-state index is -1.01. The lowest BCUT2D eigenvalue weighted by molar-refractivity contribution is -0.141. The van der Waals surface area contributed by atoms with Gasteiger partial charge >= 0.3 is 5.97 Å². The van der Waals surface area contributed by atoms with Crippen molar-refractivity contribution in [3.8, 4) is 23.0 Å². The van der Waals surface area contributed by atoms with Crippen LogP contribution in [0.4, 0.5) is 0 Å². The van der Waals surface area contributed by atoms with E-state index in [4.69, 9.17) is 24.1 Å². The lowest BCUT2D eigenvalue weighted by Crippen LogP contribution is -2.13. The van der Waals surface area contributed by atoms with Gasteiger partial charge in [-0.15, -0.1) is 22.7 Å². The van der Waals surface area contributed by atoms with Crippen molar-refractivity contribution < 1.29 is 43.5 Å². The maximum absolute atomic E-state index is 12.7. The van der Waals surface area contributed by atoms with Gasteiger partial charge in [-0.3, -0.25) is 14.4 Å². The quantitative estimate of drug-likeness (QED) is 0.0816. The zero-order valence-electron chi connectivity index (χ0n) is 23.7. The van der Waals surface area contributed by atoms with Gasteiger partial charge in [0, 0.05) is 40.3 Å². The van der Waals surface area contributed by atoms with E-state index in [9.17, 15) is 19.5 Å². The number of rotatable bonds is 15. The zero-order valence-corrected chi connectivity index (χ0v) is 25.4. The summed E-state index contributed by atoms with van der Waals surface area (Å²) in [5.41, 5.74) is 0. The number of benzene rings is 2. The van der Waals surface area contributed by atoms with Gasteiger partial charge in [0.1, 0.15) is 13.2 Å². The maximum Gasteiger partial charge on any atom is 0.306 e. The van der Waals surface area contributed by atoms with Crippen LogP contribution in [0.15, 0.2) is 48.7 Å². The molecule has 0 aliphatic carbocycles. The number of aliphatic hydroxyl groups excluding tert-OH is 1. The number of Topliss-reactive ketones (excluding diaryl/α,β-unsaturated/α-hetero) is 2. The minimum Gasteiger partial charge on any atom is -0.513 e. The molecule has 2 aromatic heterocycles. The van der Waals surface area contributed by atoms with Crippen LogP contribution in [0.25, 0.3) is 20.2 Å². The molecule has 0 amide bonds. The Morgan fingerprint density at radius 1 is 0.714 bits per heavy atom. The number of carboxylic acids is 1. The Morgan fingerprint density at radius 3 is 1.62 bits per heavy atom. The van der Waals surface area contributed by atoms with Crippen molar-refractivity contribution in [3.05, 3.63) is 58.5 Å². The van der Waals surface area contributed by atoms with E-state index >= 15 is 0 Å². The lowest BCUT2D eigenvalue weighted by Gasteiger charge is -2.13. The predicted molar refractivity (Wildman–Crippen MR) is 163 cm³/mol. The van der Waals surface area contributed by atoms with Crippen LogP contribution in [0.1, 0.15) is 46.0 Å². The van der Waals surface area contributed by atoms with Crippen LogP contribution in [0.2, 0.25) is 0 Å². The highest BCUT2D eigenvalue weighted by molar-refractivity contribution is 7.21. The summed E-state index contributed by atoms with van der Waals surface area (Å²) in [6, 6.07) is 10.8. The number of hydrogen-bond acceptors (Lipinski definition) is 10. The standard InChI is InChI=1S/C31H32O9S2/c1-16(18(3)32)8-21(33)29-13-20-11-25(24(38-5)14-27(20)41-29)39-6-7-40-26-15-28-19(10-23(26)37-4)12-30(42-28)22(34)9-17(2)31(35)36/h10-17,32H,3,6-9H2,1-2,4-5H3,(H,35,36)/t16-,17-/m0/s1. The number of methoxy groups -OCH3 is 2. The third-order valence-electron chi connectivity index (χ3n) is 6.73. The van der Waals surface area contributed by atoms with E-state index in [1.54, 1.807) is 38.3 Å². The summed E-state index contributed by atoms with van der Waals surface area (Å²) >= 11 is 2.63. The molecule has 2 heterocycles. The summed E-state index contributed by atoms with van der Waals surface area (Å²) in [4.78, 5) is 37.5. The van der Waals surface area contributed by atoms with Crippen LogP contribution in [0.3, 0.4) is 0 Å². The van der Waals surface area contributed by atoms with E-state index < -0.39 is 11.9 Å². The van der Waals surface area contributed by atoms with Gasteiger partial charge in [0.2, 0.25) is 0 Å². The molecule has 0 aliphatic heterocycles. The number of carbonyl (C=O) groups excluding carboxylic acids is 2. The first-order chi connectivity index (χ1) is 20.0. The second-order valence-electron chi connectivity index (χ2n) is 9.89. The fourth-order valence-electron chi connectivity index (χ4n) is 4.18. The summed E-state index contributed by atoms with van der Waals surface area (Å²) < 4.78 is 24.6. The fraction of sp³-hybridized carbons (Fsp3) is 0.323. The average molecular weight is 613 g/mol. The van der Waals surface area contributed by atoms with E-state index in [1.165, 1.54) is 36.7 Å². The van der Waals surface area contributed by atoms with Crippen molar-refractivity contribution in [1.29, 1.82) is 0 Å². The van der Waals surface area contributed by atoms with E-state index in [2.05, 4.69) is 6.58 Å². The monoisotopic (exact) mass is 612 g/mol. The smallest absolute Gasteiger partial charge is 0.306 e. The summed E-state index contributed by atoms with van der Waals surface area (Å²) in [6.07, 6.45) is 0.0968. The molecular weight excluding hydrogens is 580 g/mol. The van der Waals surface area contributed by atoms with Crippen molar-refractivity contribution >= 4 is 60.4 Å². The SMILES string of the molecule is C=C(O)[C@@H](C)CC(=O)c1cc2cc(OCCOc3cc4sc(C(=O)C[C@H](C)C(=O)O)cc4cc3OC)c(OC)cc2s1. The van der Waals surface area contributed by atoms with Crippen LogP contribution in [0.5, 0.6) is 23.0 Å². The number of ketones is 2. The summed E-state index contributed by atoms with van der Waals surface area (Å²) in [7, 11) is 3.07. The number of ether oxygens (including phenoxy) is 4. The first-order valence-corrected chi connectivity index (χ1v) is 14.8. The Kier molecular flexibility index (Phi) is 9.74. The second kappa shape index (κ2) is 13.3. The largest absolute Gasteiger partial charge is 0.513 e. The molecular formula is C31H32O9S2. The van der Waals surface area contributed by atoms with Gasteiger partial charge in [-0.25, -0.2) is 0 Å². The molecule has 2 aromatic carbocycles. The van der Waals surface area contributed by atoms with Crippen molar-refractivity contribution in [3.63, 3.8) is 0 Å². The number of aliphatic carboxylic acids is 1. The normalized spacial score (nSPS) is 12.6. The van der Waals surface area contributed by atoms with E-state index in [0.717, 1.165) is 20.2 Å². The average Bonchev–Trinajstić information content (AvgIpc) is 3.57. The first kappa shape index (κ1) is 30.9. The second-order valence-corrected chi connectivity index (χ2v) is 12.1. The highest BCUT2D eigenvalue weighted by atomic mass is 32.1. The molecule has 0 spiro atoms. The van der Waals surface area contributed by atoms with Crippen LogP contribution in [0, 0.1) is 11.8 Å². The van der Waals surface area contributed by atoms with Crippen molar-refractivity contribution in [1.82, 2.24) is 0 Å². The van der Waals surface area contributed by atoms with E-state index in [-0.39, 0.29) is 49.3 Å². The molecule has 4 aromatic rings. The van der Waals surface area contributed by atoms with Crippen LogP contribution in [-0.4, -0.2) is 55.2 Å². The first-order valence-electron chi connectivity index (χ1n) is 13.2. The molecule has 42 heavy (non-hydrogen) atoms. The molecule has 2 atom stereocenters. The minimum absolute atomic E-state index is 0.0144. The van der Waals surface area contributed by atoms with E-state index in [0.29, 0.717) is 32.8 Å². The van der Waals surface area contributed by atoms with Gasteiger partial charge < -0.3 is 29.2 Å². The Balaban J connectivity index is 1.43. The van der Waals surface area contributed by atoms with Gasteiger partial charge in [0.15, 0.2) is 34.6 Å². The number of carbonyl (C=O) groups is 3. The molecule has 2 N–H and O–H groups in total. The van der Waals surface area contributed by atoms with Gasteiger partial charge in [-0.05, 0) is 35.0 Å². The molecule has 4 rings (SSSR count). The highest BCUT2D eigenvalue weighted by Crippen LogP contribution is 2.39.